The van der Waals surface area contributed by atoms with Gasteiger partial charge in [-0.2, -0.15) is 0 Å². The van der Waals surface area contributed by atoms with Gasteiger partial charge in [-0.3, -0.25) is 9.69 Å². The molecule has 1 saturated heterocycles. The van der Waals surface area contributed by atoms with Crippen molar-refractivity contribution in [2.24, 2.45) is 0 Å². The third-order valence-electron chi connectivity index (χ3n) is 6.00. The molecule has 0 bridgehead atoms. The molecule has 152 valence electrons. The van der Waals surface area contributed by atoms with Crippen LogP contribution in [-0.4, -0.2) is 41.2 Å². The molecule has 1 spiro atoms. The van der Waals surface area contributed by atoms with E-state index in [1.165, 1.54) is 0 Å². The monoisotopic (exact) mass is 402 g/mol. The maximum atomic E-state index is 13.2. The summed E-state index contributed by atoms with van der Waals surface area (Å²) >= 11 is 0. The number of benzene rings is 3. The molecule has 0 radical (unpaired) electrons. The Labute approximate surface area is 174 Å². The smallest absolute Gasteiger partial charge is 0.325 e. The third kappa shape index (κ3) is 2.92. The van der Waals surface area contributed by atoms with Gasteiger partial charge in [0.1, 0.15) is 24.0 Å². The molecule has 1 fully saturated rings. The number of nitrogens with zero attached hydrogens (tertiary/aromatic N) is 1. The second-order valence-electron chi connectivity index (χ2n) is 7.85. The van der Waals surface area contributed by atoms with Crippen LogP contribution in [0, 0.1) is 0 Å². The fourth-order valence-electron chi connectivity index (χ4n) is 4.53. The minimum Gasteiger partial charge on any atom is -0.490 e. The highest BCUT2D eigenvalue weighted by molar-refractivity contribution is 6.08. The number of amides is 3. The van der Waals surface area contributed by atoms with E-state index in [1.807, 2.05) is 66.7 Å². The van der Waals surface area contributed by atoms with Crippen LogP contribution in [0.15, 0.2) is 66.7 Å². The summed E-state index contributed by atoms with van der Waals surface area (Å²) in [5.74, 6) is 0.354. The van der Waals surface area contributed by atoms with Crippen LogP contribution in [0.5, 0.6) is 5.75 Å². The van der Waals surface area contributed by atoms with Gasteiger partial charge < -0.3 is 15.2 Å². The van der Waals surface area contributed by atoms with Crippen LogP contribution in [0.2, 0.25) is 0 Å². The first-order valence-electron chi connectivity index (χ1n) is 10.1. The number of aryl methyl sites for hydroxylation is 1. The molecule has 1 heterocycles. The lowest BCUT2D eigenvalue weighted by atomic mass is 9.92. The summed E-state index contributed by atoms with van der Waals surface area (Å²) in [4.78, 5) is 26.9. The first-order chi connectivity index (χ1) is 14.6. The van der Waals surface area contributed by atoms with Crippen LogP contribution in [0.1, 0.15) is 17.5 Å². The Morgan fingerprint density at radius 3 is 2.70 bits per heavy atom. The molecule has 3 aromatic rings. The molecule has 2 atom stereocenters. The summed E-state index contributed by atoms with van der Waals surface area (Å²) in [6.07, 6.45) is 0.282. The Morgan fingerprint density at radius 1 is 1.03 bits per heavy atom. The van der Waals surface area contributed by atoms with E-state index >= 15 is 0 Å². The van der Waals surface area contributed by atoms with Crippen molar-refractivity contribution in [3.8, 4) is 5.75 Å². The van der Waals surface area contributed by atoms with E-state index in [1.54, 1.807) is 0 Å². The van der Waals surface area contributed by atoms with Gasteiger partial charge in [0.15, 0.2) is 0 Å². The van der Waals surface area contributed by atoms with E-state index in [-0.39, 0.29) is 19.1 Å². The van der Waals surface area contributed by atoms with Gasteiger partial charge in [-0.1, -0.05) is 60.7 Å². The molecule has 30 heavy (non-hydrogen) atoms. The van der Waals surface area contributed by atoms with Crippen molar-refractivity contribution in [2.75, 3.05) is 13.2 Å². The number of ether oxygens (including phenoxy) is 1. The lowest BCUT2D eigenvalue weighted by Crippen LogP contribution is -2.43. The van der Waals surface area contributed by atoms with Crippen LogP contribution < -0.4 is 10.1 Å². The zero-order valence-electron chi connectivity index (χ0n) is 16.4. The summed E-state index contributed by atoms with van der Waals surface area (Å²) < 4.78 is 5.82. The number of nitrogens with one attached hydrogen (secondary N) is 1. The topological polar surface area (TPSA) is 78.9 Å². The molecule has 3 amide bonds. The first kappa shape index (κ1) is 18.6. The van der Waals surface area contributed by atoms with Crippen molar-refractivity contribution in [3.63, 3.8) is 0 Å². The van der Waals surface area contributed by atoms with Gasteiger partial charge in [-0.25, -0.2) is 4.79 Å². The van der Waals surface area contributed by atoms with Gasteiger partial charge >= 0.3 is 6.03 Å². The number of imide groups is 1. The number of aliphatic hydroxyl groups excluding tert-OH is 1. The number of urea groups is 1. The number of rotatable bonds is 5. The van der Waals surface area contributed by atoms with Crippen molar-refractivity contribution < 1.29 is 19.4 Å². The number of carbonyl (C=O) groups excluding carboxylic acids is 2. The molecule has 0 saturated carbocycles. The molecule has 2 N–H and O–H groups in total. The standard InChI is InChI=1S/C24H22N2O4/c27-18(15-30-21-11-5-8-16-6-1-3-9-19(16)21)14-26-22(28)24(25-23(26)29)13-12-17-7-2-4-10-20(17)24/h1-11,18,27H,12-15H2,(H,25,29)/t18-,24+/m1/s1. The molecule has 3 aromatic carbocycles. The average Bonchev–Trinajstić information content (AvgIpc) is 3.25. The molecule has 6 heteroatoms. The van der Waals surface area contributed by atoms with Crippen molar-refractivity contribution in [1.82, 2.24) is 10.2 Å². The quantitative estimate of drug-likeness (QED) is 0.643. The van der Waals surface area contributed by atoms with E-state index in [0.717, 1.165) is 33.2 Å². The molecule has 1 aliphatic heterocycles. The number of fused-ring (bicyclic) bond motifs is 3. The van der Waals surface area contributed by atoms with Crippen LogP contribution >= 0.6 is 0 Å². The summed E-state index contributed by atoms with van der Waals surface area (Å²) in [6.45, 7) is -0.131. The van der Waals surface area contributed by atoms with E-state index in [9.17, 15) is 14.7 Å². The fourth-order valence-corrected chi connectivity index (χ4v) is 4.53. The van der Waals surface area contributed by atoms with Crippen LogP contribution in [-0.2, 0) is 16.8 Å². The lowest BCUT2D eigenvalue weighted by Gasteiger charge is -2.23. The molecule has 1 aliphatic carbocycles. The van der Waals surface area contributed by atoms with Gasteiger partial charge in [0.2, 0.25) is 0 Å². The third-order valence-corrected chi connectivity index (χ3v) is 6.00. The van der Waals surface area contributed by atoms with Crippen molar-refractivity contribution in [2.45, 2.75) is 24.5 Å². The maximum Gasteiger partial charge on any atom is 0.325 e. The molecule has 0 unspecified atom stereocenters. The summed E-state index contributed by atoms with van der Waals surface area (Å²) in [5, 5.41) is 15.4. The Bertz CT molecular complexity index is 1140. The van der Waals surface area contributed by atoms with E-state index in [2.05, 4.69) is 5.32 Å². The normalized spacial score (nSPS) is 21.2. The Balaban J connectivity index is 1.29. The average molecular weight is 402 g/mol. The minimum absolute atomic E-state index is 0.0192. The number of aliphatic hydroxyl groups is 1. The summed E-state index contributed by atoms with van der Waals surface area (Å²) in [5.41, 5.74) is 0.921. The number of hydrogen-bond donors (Lipinski definition) is 2. The Morgan fingerprint density at radius 2 is 1.80 bits per heavy atom. The van der Waals surface area contributed by atoms with E-state index < -0.39 is 17.7 Å². The van der Waals surface area contributed by atoms with Crippen LogP contribution in [0.4, 0.5) is 4.79 Å². The largest absolute Gasteiger partial charge is 0.490 e. The molecule has 0 aromatic heterocycles. The molecule has 6 nitrogen and oxygen atoms in total. The van der Waals surface area contributed by atoms with E-state index in [4.69, 9.17) is 4.74 Å². The number of carbonyl (C=O) groups is 2. The molecular formula is C24H22N2O4. The zero-order chi connectivity index (χ0) is 20.7. The highest BCUT2D eigenvalue weighted by Gasteiger charge is 2.55. The lowest BCUT2D eigenvalue weighted by molar-refractivity contribution is -0.132. The molecule has 5 rings (SSSR count). The van der Waals surface area contributed by atoms with Crippen molar-refractivity contribution in [3.05, 3.63) is 77.9 Å². The number of β-amino-alcohol motifs (C(OH)–C–C–N with tert-alkyl or cyclic N) is 1. The minimum atomic E-state index is -1.01. The summed E-state index contributed by atoms with van der Waals surface area (Å²) in [7, 11) is 0. The SMILES string of the molecule is O=C1N[C@]2(CCc3ccccc32)C(=O)N1C[C@@H](O)COc1cccc2ccccc12. The van der Waals surface area contributed by atoms with Crippen molar-refractivity contribution in [1.29, 1.82) is 0 Å². The van der Waals surface area contributed by atoms with Gasteiger partial charge in [0.25, 0.3) is 5.91 Å². The second-order valence-corrected chi connectivity index (χ2v) is 7.85. The first-order valence-corrected chi connectivity index (χ1v) is 10.1. The highest BCUT2D eigenvalue weighted by atomic mass is 16.5. The fraction of sp³-hybridized carbons (Fsp3) is 0.250. The van der Waals surface area contributed by atoms with Gasteiger partial charge in [-0.15, -0.1) is 0 Å². The van der Waals surface area contributed by atoms with Gasteiger partial charge in [0, 0.05) is 5.39 Å². The van der Waals surface area contributed by atoms with Crippen LogP contribution in [0.25, 0.3) is 10.8 Å². The molecule has 2 aliphatic rings. The summed E-state index contributed by atoms with van der Waals surface area (Å²) in [6, 6.07) is 20.8. The van der Waals surface area contributed by atoms with Gasteiger partial charge in [-0.05, 0) is 35.4 Å². The number of hydrogen-bond acceptors (Lipinski definition) is 4. The predicted molar refractivity (Wildman–Crippen MR) is 112 cm³/mol. The second kappa shape index (κ2) is 7.15. The maximum absolute atomic E-state index is 13.2. The van der Waals surface area contributed by atoms with Crippen LogP contribution in [0.3, 0.4) is 0 Å². The Kier molecular flexibility index (Phi) is 4.44. The Hall–Kier alpha value is -3.38. The zero-order valence-corrected chi connectivity index (χ0v) is 16.4. The predicted octanol–water partition coefficient (Wildman–Crippen LogP) is 2.97. The molecular weight excluding hydrogens is 380 g/mol. The van der Waals surface area contributed by atoms with E-state index in [0.29, 0.717) is 12.2 Å². The highest BCUT2D eigenvalue weighted by Crippen LogP contribution is 2.41. The van der Waals surface area contributed by atoms with Gasteiger partial charge in [0.05, 0.1) is 6.54 Å². The van der Waals surface area contributed by atoms with Crippen molar-refractivity contribution >= 4 is 22.7 Å².